The zero-order valence-corrected chi connectivity index (χ0v) is 18.7. The van der Waals surface area contributed by atoms with Crippen molar-refractivity contribution in [3.05, 3.63) is 57.2 Å². The maximum absolute atomic E-state index is 12.8. The Hall–Kier alpha value is -3.24. The Morgan fingerprint density at radius 2 is 1.85 bits per heavy atom. The van der Waals surface area contributed by atoms with Crippen LogP contribution in [0.15, 0.2) is 36.5 Å². The van der Waals surface area contributed by atoms with Crippen molar-refractivity contribution in [3.63, 3.8) is 0 Å². The predicted molar refractivity (Wildman–Crippen MR) is 122 cm³/mol. The normalized spacial score (nSPS) is 16.9. The Kier molecular flexibility index (Phi) is 7.05. The minimum absolute atomic E-state index is 0.0190. The molecule has 0 bridgehead atoms. The molecule has 33 heavy (non-hydrogen) atoms. The summed E-state index contributed by atoms with van der Waals surface area (Å²) in [4.78, 5) is 45.7. The lowest BCUT2D eigenvalue weighted by Crippen LogP contribution is -2.47. The van der Waals surface area contributed by atoms with Crippen LogP contribution in [0, 0.1) is 10.1 Å². The van der Waals surface area contributed by atoms with Crippen LogP contribution in [0.2, 0.25) is 5.02 Å². The smallest absolute Gasteiger partial charge is 0.311 e. The van der Waals surface area contributed by atoms with Crippen LogP contribution in [0.3, 0.4) is 0 Å². The third kappa shape index (κ3) is 5.23. The number of rotatable bonds is 7. The molecule has 2 aliphatic rings. The molecule has 1 aromatic carbocycles. The number of nitrogens with zero attached hydrogens (tertiary/aromatic N) is 5. The lowest BCUT2D eigenvalue weighted by molar-refractivity contribution is -0.384. The molecule has 4 rings (SSSR count). The highest BCUT2D eigenvalue weighted by Crippen LogP contribution is 2.28. The summed E-state index contributed by atoms with van der Waals surface area (Å²) < 4.78 is 5.46. The molecule has 174 valence electrons. The number of fused-ring (bicyclic) bond motifs is 1. The standard InChI is InChI=1S/C22H24ClN5O5/c23-16-5-6-17-19(14-16)33-15-20(29)27(22(17)30)9-2-1-8-25-10-12-26(13-11-25)21-18(28(31)32)4-3-7-24-21/h3-7,14H,1-2,8-13,15H2. The number of unbranched alkanes of at least 4 members (excludes halogenated alkanes) is 1. The van der Waals surface area contributed by atoms with Crippen molar-refractivity contribution in [3.8, 4) is 5.75 Å². The van der Waals surface area contributed by atoms with Crippen molar-refractivity contribution in [2.75, 3.05) is 50.8 Å². The van der Waals surface area contributed by atoms with Gasteiger partial charge in [0.2, 0.25) is 5.82 Å². The topological polar surface area (TPSA) is 109 Å². The average molecular weight is 474 g/mol. The first-order chi connectivity index (χ1) is 15.9. The molecule has 0 atom stereocenters. The Morgan fingerprint density at radius 1 is 1.09 bits per heavy atom. The molecule has 3 heterocycles. The van der Waals surface area contributed by atoms with Gasteiger partial charge in [-0.1, -0.05) is 11.6 Å². The van der Waals surface area contributed by atoms with E-state index in [4.69, 9.17) is 16.3 Å². The molecule has 0 aliphatic carbocycles. The van der Waals surface area contributed by atoms with Gasteiger partial charge >= 0.3 is 5.69 Å². The SMILES string of the molecule is O=C1COc2cc(Cl)ccc2C(=O)N1CCCCN1CCN(c2ncccc2[N+](=O)[O-])CC1. The highest BCUT2D eigenvalue weighted by molar-refractivity contribution is 6.31. The van der Waals surface area contributed by atoms with Crippen molar-refractivity contribution in [2.24, 2.45) is 0 Å². The largest absolute Gasteiger partial charge is 0.483 e. The van der Waals surface area contributed by atoms with Crippen LogP contribution in [0.25, 0.3) is 0 Å². The minimum Gasteiger partial charge on any atom is -0.483 e. The van der Waals surface area contributed by atoms with Crippen LogP contribution in [0.4, 0.5) is 11.5 Å². The number of nitro groups is 1. The Balaban J connectivity index is 1.25. The molecule has 0 unspecified atom stereocenters. The number of pyridine rings is 1. The van der Waals surface area contributed by atoms with Crippen LogP contribution in [0.1, 0.15) is 23.2 Å². The van der Waals surface area contributed by atoms with Gasteiger partial charge in [-0.25, -0.2) is 4.98 Å². The Labute approximate surface area is 195 Å². The van der Waals surface area contributed by atoms with E-state index in [9.17, 15) is 19.7 Å². The molecule has 11 heteroatoms. The monoisotopic (exact) mass is 473 g/mol. The van der Waals surface area contributed by atoms with Gasteiger partial charge in [-0.05, 0) is 43.7 Å². The maximum atomic E-state index is 12.8. The van der Waals surface area contributed by atoms with Crippen molar-refractivity contribution in [1.29, 1.82) is 0 Å². The summed E-state index contributed by atoms with van der Waals surface area (Å²) in [5.41, 5.74) is 0.357. The summed E-state index contributed by atoms with van der Waals surface area (Å²) in [6.45, 7) is 3.77. The van der Waals surface area contributed by atoms with E-state index in [0.717, 1.165) is 26.1 Å². The summed E-state index contributed by atoms with van der Waals surface area (Å²) in [7, 11) is 0. The first kappa shape index (κ1) is 22.9. The molecule has 0 spiro atoms. The van der Waals surface area contributed by atoms with Crippen LogP contribution in [-0.4, -0.2) is 77.4 Å². The summed E-state index contributed by atoms with van der Waals surface area (Å²) in [6, 6.07) is 7.77. The quantitative estimate of drug-likeness (QED) is 0.261. The fourth-order valence-electron chi connectivity index (χ4n) is 4.06. The summed E-state index contributed by atoms with van der Waals surface area (Å²) in [6.07, 6.45) is 3.06. The zero-order chi connectivity index (χ0) is 23.4. The second-order valence-electron chi connectivity index (χ2n) is 7.92. The number of hydrogen-bond donors (Lipinski definition) is 0. The van der Waals surface area contributed by atoms with E-state index >= 15 is 0 Å². The van der Waals surface area contributed by atoms with E-state index in [1.807, 2.05) is 4.90 Å². The first-order valence-electron chi connectivity index (χ1n) is 10.8. The molecule has 0 saturated carbocycles. The molecule has 10 nitrogen and oxygen atoms in total. The molecule has 0 radical (unpaired) electrons. The van der Waals surface area contributed by atoms with Gasteiger partial charge in [-0.3, -0.25) is 29.5 Å². The Morgan fingerprint density at radius 3 is 2.61 bits per heavy atom. The highest BCUT2D eigenvalue weighted by atomic mass is 35.5. The van der Waals surface area contributed by atoms with E-state index in [1.54, 1.807) is 30.5 Å². The van der Waals surface area contributed by atoms with E-state index in [2.05, 4.69) is 9.88 Å². The molecule has 2 aliphatic heterocycles. The van der Waals surface area contributed by atoms with Crippen LogP contribution in [0.5, 0.6) is 5.75 Å². The minimum atomic E-state index is -0.405. The highest BCUT2D eigenvalue weighted by Gasteiger charge is 2.29. The molecular weight excluding hydrogens is 450 g/mol. The number of amides is 2. The third-order valence-electron chi connectivity index (χ3n) is 5.81. The fraction of sp³-hybridized carbons (Fsp3) is 0.409. The number of aromatic nitrogens is 1. The van der Waals surface area contributed by atoms with Gasteiger partial charge in [0.05, 0.1) is 10.5 Å². The Bertz CT molecular complexity index is 1060. The molecule has 2 aromatic rings. The number of piperazine rings is 1. The molecule has 1 fully saturated rings. The van der Waals surface area contributed by atoms with Crippen molar-refractivity contribution in [1.82, 2.24) is 14.8 Å². The van der Waals surface area contributed by atoms with Crippen LogP contribution >= 0.6 is 11.6 Å². The number of halogens is 1. The molecule has 0 N–H and O–H groups in total. The number of benzene rings is 1. The summed E-state index contributed by atoms with van der Waals surface area (Å²) >= 11 is 5.96. The number of carbonyl (C=O) groups excluding carboxylic acids is 2. The van der Waals surface area contributed by atoms with Crippen molar-refractivity contribution >= 4 is 34.9 Å². The van der Waals surface area contributed by atoms with Gasteiger partial charge in [0.1, 0.15) is 5.75 Å². The maximum Gasteiger partial charge on any atom is 0.311 e. The molecule has 2 amide bonds. The lowest BCUT2D eigenvalue weighted by atomic mass is 10.1. The summed E-state index contributed by atoms with van der Waals surface area (Å²) in [5, 5.41) is 11.7. The number of hydrogen-bond acceptors (Lipinski definition) is 8. The summed E-state index contributed by atoms with van der Waals surface area (Å²) in [5.74, 6) is 0.00566. The first-order valence-corrected chi connectivity index (χ1v) is 11.2. The second kappa shape index (κ2) is 10.1. The van der Waals surface area contributed by atoms with E-state index in [0.29, 0.717) is 48.2 Å². The van der Waals surface area contributed by atoms with E-state index in [1.165, 1.54) is 11.0 Å². The van der Waals surface area contributed by atoms with E-state index < -0.39 is 4.92 Å². The predicted octanol–water partition coefficient (Wildman–Crippen LogP) is 2.61. The average Bonchev–Trinajstić information content (AvgIpc) is 2.93. The van der Waals surface area contributed by atoms with E-state index in [-0.39, 0.29) is 24.1 Å². The number of imide groups is 1. The van der Waals surface area contributed by atoms with Gasteiger partial charge in [0, 0.05) is 50.0 Å². The number of anilines is 1. The van der Waals surface area contributed by atoms with Gasteiger partial charge in [0.15, 0.2) is 6.61 Å². The third-order valence-corrected chi connectivity index (χ3v) is 6.05. The van der Waals surface area contributed by atoms with Gasteiger partial charge < -0.3 is 9.64 Å². The van der Waals surface area contributed by atoms with Crippen LogP contribution < -0.4 is 9.64 Å². The van der Waals surface area contributed by atoms with Crippen LogP contribution in [-0.2, 0) is 4.79 Å². The zero-order valence-electron chi connectivity index (χ0n) is 18.0. The van der Waals surface area contributed by atoms with Gasteiger partial charge in [-0.15, -0.1) is 0 Å². The molecule has 1 saturated heterocycles. The number of carbonyl (C=O) groups is 2. The lowest BCUT2D eigenvalue weighted by Gasteiger charge is -2.35. The van der Waals surface area contributed by atoms with Gasteiger partial charge in [0.25, 0.3) is 11.8 Å². The molecular formula is C22H24ClN5O5. The second-order valence-corrected chi connectivity index (χ2v) is 8.36. The fourth-order valence-corrected chi connectivity index (χ4v) is 4.22. The van der Waals surface area contributed by atoms with Crippen molar-refractivity contribution in [2.45, 2.75) is 12.8 Å². The van der Waals surface area contributed by atoms with Gasteiger partial charge in [-0.2, -0.15) is 0 Å². The molecule has 1 aromatic heterocycles. The number of ether oxygens (including phenoxy) is 1. The van der Waals surface area contributed by atoms with Crippen molar-refractivity contribution < 1.29 is 19.2 Å².